The molecule has 3 rings (SSSR count). The van der Waals surface area contributed by atoms with E-state index in [4.69, 9.17) is 4.74 Å². The van der Waals surface area contributed by atoms with Crippen LogP contribution in [0, 0.1) is 6.92 Å². The van der Waals surface area contributed by atoms with Crippen LogP contribution in [0.25, 0.3) is 11.1 Å². The fraction of sp³-hybridized carbons (Fsp3) is 0.188. The smallest absolute Gasteiger partial charge is 0.169 e. The second kappa shape index (κ2) is 4.30. The van der Waals surface area contributed by atoms with E-state index in [0.717, 1.165) is 5.56 Å². The van der Waals surface area contributed by atoms with E-state index in [2.05, 4.69) is 19.1 Å². The topological polar surface area (TPSA) is 26.3 Å². The third-order valence-corrected chi connectivity index (χ3v) is 3.32. The van der Waals surface area contributed by atoms with E-state index in [0.29, 0.717) is 24.3 Å². The first-order valence-electron chi connectivity index (χ1n) is 6.12. The Morgan fingerprint density at radius 1 is 1.06 bits per heavy atom. The minimum atomic E-state index is 0.174. The summed E-state index contributed by atoms with van der Waals surface area (Å²) in [5.41, 5.74) is 4.21. The number of Topliss-reactive ketones (excluding diaryl/α,β-unsaturated/α-hetero) is 1. The molecular weight excluding hydrogens is 224 g/mol. The summed E-state index contributed by atoms with van der Waals surface area (Å²) in [5.74, 6) is 0.889. The highest BCUT2D eigenvalue weighted by atomic mass is 16.5. The average Bonchev–Trinajstić information content (AvgIpc) is 2.39. The quantitative estimate of drug-likeness (QED) is 0.758. The van der Waals surface area contributed by atoms with E-state index >= 15 is 0 Å². The molecule has 2 aromatic rings. The van der Waals surface area contributed by atoms with Crippen molar-refractivity contribution in [2.24, 2.45) is 0 Å². The number of benzene rings is 2. The lowest BCUT2D eigenvalue weighted by Crippen LogP contribution is -2.15. The second-order valence-corrected chi connectivity index (χ2v) is 4.55. The largest absolute Gasteiger partial charge is 0.492 e. The molecule has 0 atom stereocenters. The molecule has 0 saturated heterocycles. The third-order valence-electron chi connectivity index (χ3n) is 3.32. The van der Waals surface area contributed by atoms with Gasteiger partial charge in [-0.25, -0.2) is 0 Å². The number of ketones is 1. The molecule has 1 heterocycles. The number of carbonyl (C=O) groups excluding carboxylic acids is 1. The van der Waals surface area contributed by atoms with Crippen LogP contribution in [0.1, 0.15) is 22.3 Å². The summed E-state index contributed by atoms with van der Waals surface area (Å²) in [6.07, 6.45) is 0.483. The van der Waals surface area contributed by atoms with Crippen LogP contribution in [-0.2, 0) is 0 Å². The molecule has 0 bridgehead atoms. The first-order chi connectivity index (χ1) is 8.75. The number of hydrogen-bond acceptors (Lipinski definition) is 2. The molecule has 0 radical (unpaired) electrons. The molecule has 2 heteroatoms. The maximum atomic E-state index is 11.7. The molecule has 0 amide bonds. The molecule has 0 aliphatic carbocycles. The molecule has 18 heavy (non-hydrogen) atoms. The molecule has 2 nitrogen and oxygen atoms in total. The molecule has 1 aliphatic rings. The molecule has 0 spiro atoms. The predicted molar refractivity (Wildman–Crippen MR) is 71.1 cm³/mol. The van der Waals surface area contributed by atoms with Crippen LogP contribution in [-0.4, -0.2) is 12.4 Å². The lowest BCUT2D eigenvalue weighted by Gasteiger charge is -2.17. The van der Waals surface area contributed by atoms with Gasteiger partial charge in [-0.2, -0.15) is 0 Å². The summed E-state index contributed by atoms with van der Waals surface area (Å²) in [7, 11) is 0. The predicted octanol–water partition coefficient (Wildman–Crippen LogP) is 3.63. The summed E-state index contributed by atoms with van der Waals surface area (Å²) >= 11 is 0. The van der Waals surface area contributed by atoms with Crippen molar-refractivity contribution in [3.8, 4) is 16.9 Å². The Labute approximate surface area is 106 Å². The Morgan fingerprint density at radius 2 is 1.89 bits per heavy atom. The lowest BCUT2D eigenvalue weighted by molar-refractivity contribution is 0.0933. The first-order valence-corrected chi connectivity index (χ1v) is 6.12. The maximum absolute atomic E-state index is 11.7. The van der Waals surface area contributed by atoms with Gasteiger partial charge in [0.25, 0.3) is 0 Å². The van der Waals surface area contributed by atoms with Crippen LogP contribution < -0.4 is 4.74 Å². The van der Waals surface area contributed by atoms with Gasteiger partial charge in [0.15, 0.2) is 5.78 Å². The molecule has 90 valence electrons. The number of ether oxygens (including phenoxy) is 1. The third kappa shape index (κ3) is 1.80. The molecule has 0 N–H and O–H groups in total. The van der Waals surface area contributed by atoms with Gasteiger partial charge in [0.05, 0.1) is 12.2 Å². The SMILES string of the molecule is Cc1ccccc1-c1ccc2c(c1)OCCC2=O. The Hall–Kier alpha value is -2.09. The zero-order valence-electron chi connectivity index (χ0n) is 10.3. The van der Waals surface area contributed by atoms with Crippen molar-refractivity contribution in [1.82, 2.24) is 0 Å². The van der Waals surface area contributed by atoms with Gasteiger partial charge in [0, 0.05) is 6.42 Å². The van der Waals surface area contributed by atoms with Gasteiger partial charge < -0.3 is 4.74 Å². The number of aryl methyl sites for hydroxylation is 1. The molecule has 0 saturated carbocycles. The molecule has 1 aliphatic heterocycles. The summed E-state index contributed by atoms with van der Waals surface area (Å²) < 4.78 is 5.58. The summed E-state index contributed by atoms with van der Waals surface area (Å²) in [6, 6.07) is 14.1. The van der Waals surface area contributed by atoms with Crippen molar-refractivity contribution in [3.63, 3.8) is 0 Å². The van der Waals surface area contributed by atoms with Crippen molar-refractivity contribution in [2.45, 2.75) is 13.3 Å². The van der Waals surface area contributed by atoms with E-state index in [1.54, 1.807) is 0 Å². The van der Waals surface area contributed by atoms with Crippen LogP contribution in [0.3, 0.4) is 0 Å². The highest BCUT2D eigenvalue weighted by Crippen LogP contribution is 2.31. The molecule has 0 unspecified atom stereocenters. The van der Waals surface area contributed by atoms with Gasteiger partial charge in [-0.1, -0.05) is 30.3 Å². The van der Waals surface area contributed by atoms with Gasteiger partial charge >= 0.3 is 0 Å². The van der Waals surface area contributed by atoms with Gasteiger partial charge in [-0.15, -0.1) is 0 Å². The van der Waals surface area contributed by atoms with Gasteiger partial charge in [0.1, 0.15) is 5.75 Å². The minimum absolute atomic E-state index is 0.174. The molecule has 2 aromatic carbocycles. The summed E-state index contributed by atoms with van der Waals surface area (Å²) in [5, 5.41) is 0. The zero-order valence-corrected chi connectivity index (χ0v) is 10.3. The number of fused-ring (bicyclic) bond motifs is 1. The number of rotatable bonds is 1. The zero-order chi connectivity index (χ0) is 12.5. The molecule has 0 aromatic heterocycles. The maximum Gasteiger partial charge on any atom is 0.169 e. The summed E-state index contributed by atoms with van der Waals surface area (Å²) in [6.45, 7) is 2.57. The first kappa shape index (κ1) is 11.0. The lowest BCUT2D eigenvalue weighted by atomic mass is 9.96. The van der Waals surface area contributed by atoms with E-state index in [9.17, 15) is 4.79 Å². The van der Waals surface area contributed by atoms with Crippen LogP contribution in [0.5, 0.6) is 5.75 Å². The van der Waals surface area contributed by atoms with E-state index in [-0.39, 0.29) is 5.78 Å². The molecule has 0 fully saturated rings. The average molecular weight is 238 g/mol. The van der Waals surface area contributed by atoms with Gasteiger partial charge in [-0.05, 0) is 35.7 Å². The van der Waals surface area contributed by atoms with Crippen LogP contribution >= 0.6 is 0 Å². The normalized spacial score (nSPS) is 13.9. The fourth-order valence-corrected chi connectivity index (χ4v) is 2.32. The highest BCUT2D eigenvalue weighted by molar-refractivity contribution is 6.00. The number of hydrogen-bond donors (Lipinski definition) is 0. The summed E-state index contributed by atoms with van der Waals surface area (Å²) in [4.78, 5) is 11.7. The van der Waals surface area contributed by atoms with Crippen molar-refractivity contribution < 1.29 is 9.53 Å². The van der Waals surface area contributed by atoms with Crippen LogP contribution in [0.15, 0.2) is 42.5 Å². The van der Waals surface area contributed by atoms with E-state index < -0.39 is 0 Å². The number of carbonyl (C=O) groups is 1. The highest BCUT2D eigenvalue weighted by Gasteiger charge is 2.18. The van der Waals surface area contributed by atoms with Crippen molar-refractivity contribution in [2.75, 3.05) is 6.61 Å². The van der Waals surface area contributed by atoms with Crippen molar-refractivity contribution in [1.29, 1.82) is 0 Å². The Bertz CT molecular complexity index is 614. The Morgan fingerprint density at radius 3 is 2.72 bits per heavy atom. The fourth-order valence-electron chi connectivity index (χ4n) is 2.32. The Balaban J connectivity index is 2.10. The second-order valence-electron chi connectivity index (χ2n) is 4.55. The standard InChI is InChI=1S/C16H14O2/c1-11-4-2-3-5-13(11)12-6-7-14-15(17)8-9-18-16(14)10-12/h2-7,10H,8-9H2,1H3. The van der Waals surface area contributed by atoms with Crippen molar-refractivity contribution >= 4 is 5.78 Å². The van der Waals surface area contributed by atoms with Crippen molar-refractivity contribution in [3.05, 3.63) is 53.6 Å². The van der Waals surface area contributed by atoms with E-state index in [1.165, 1.54) is 11.1 Å². The molecular formula is C16H14O2. The minimum Gasteiger partial charge on any atom is -0.492 e. The van der Waals surface area contributed by atoms with Crippen LogP contribution in [0.2, 0.25) is 0 Å². The monoisotopic (exact) mass is 238 g/mol. The van der Waals surface area contributed by atoms with Crippen LogP contribution in [0.4, 0.5) is 0 Å². The Kier molecular flexibility index (Phi) is 2.63. The van der Waals surface area contributed by atoms with Gasteiger partial charge in [0.2, 0.25) is 0 Å². The van der Waals surface area contributed by atoms with E-state index in [1.807, 2.05) is 30.3 Å². The van der Waals surface area contributed by atoms with Gasteiger partial charge in [-0.3, -0.25) is 4.79 Å².